The summed E-state index contributed by atoms with van der Waals surface area (Å²) in [6.07, 6.45) is 0. The third kappa shape index (κ3) is 17.6. The van der Waals surface area contributed by atoms with Crippen molar-refractivity contribution in [2.24, 2.45) is 0 Å². The van der Waals surface area contributed by atoms with Crippen LogP contribution >= 0.6 is 0 Å². The fourth-order valence-electron chi connectivity index (χ4n) is 2.24. The van der Waals surface area contributed by atoms with Crippen molar-refractivity contribution in [1.82, 2.24) is 9.80 Å². The van der Waals surface area contributed by atoms with Crippen molar-refractivity contribution >= 4 is 0 Å². The topological polar surface area (TPSA) is 6.48 Å². The van der Waals surface area contributed by atoms with Gasteiger partial charge in [-0.25, -0.2) is 22.3 Å². The third-order valence-corrected chi connectivity index (χ3v) is 3.42. The zero-order chi connectivity index (χ0) is 23.6. The molecule has 4 heteroatoms. The van der Waals surface area contributed by atoms with Crippen molar-refractivity contribution in [1.29, 1.82) is 0 Å². The van der Waals surface area contributed by atoms with Crippen LogP contribution in [0, 0.1) is 24.3 Å². The Morgan fingerprint density at radius 2 is 0.559 bits per heavy atom. The Hall–Kier alpha value is -1.82. The Kier molecular flexibility index (Phi) is 21.9. The molecule has 0 heterocycles. The van der Waals surface area contributed by atoms with E-state index in [-0.39, 0.29) is 42.1 Å². The van der Waals surface area contributed by atoms with Crippen molar-refractivity contribution in [2.45, 2.75) is 0 Å². The Bertz CT molecular complexity index is 769. The van der Waals surface area contributed by atoms with Crippen molar-refractivity contribution < 1.29 is 42.1 Å². The van der Waals surface area contributed by atoms with Gasteiger partial charge < -0.3 is 9.80 Å². The van der Waals surface area contributed by atoms with Gasteiger partial charge in [0.25, 0.3) is 0 Å². The molecular weight excluding hydrogens is 756 g/mol. The molecule has 0 radical (unpaired) electrons. The summed E-state index contributed by atoms with van der Waals surface area (Å²) in [7, 11) is 12.0. The minimum absolute atomic E-state index is 0. The number of nitrogens with zero attached hydrogens (tertiary/aromatic N) is 2. The third-order valence-electron chi connectivity index (χ3n) is 3.42. The molecule has 0 amide bonds. The van der Waals surface area contributed by atoms with Crippen LogP contribution in [0.15, 0.2) is 97.1 Å². The summed E-state index contributed by atoms with van der Waals surface area (Å²) < 4.78 is 0. The summed E-state index contributed by atoms with van der Waals surface area (Å²) >= 11 is 0. The average Bonchev–Trinajstić information content (AvgIpc) is 2.81. The predicted molar refractivity (Wildman–Crippen MR) is 138 cm³/mol. The average molecular weight is 790 g/mol. The van der Waals surface area contributed by atoms with Gasteiger partial charge in [-0.2, -0.15) is 97.1 Å². The van der Waals surface area contributed by atoms with E-state index in [1.807, 2.05) is 149 Å². The maximum atomic E-state index is 3.15. The summed E-state index contributed by atoms with van der Waals surface area (Å²) in [5.74, 6) is 0. The second-order valence-electron chi connectivity index (χ2n) is 7.79. The Morgan fingerprint density at radius 1 is 0.382 bits per heavy atom. The van der Waals surface area contributed by atoms with E-state index in [1.165, 1.54) is 0 Å². The van der Waals surface area contributed by atoms with Crippen LogP contribution in [0.4, 0.5) is 0 Å². The molecular formula is C30H34N2W2. The minimum atomic E-state index is 0. The quantitative estimate of drug-likeness (QED) is 0.222. The first-order valence-electron chi connectivity index (χ1n) is 10.5. The van der Waals surface area contributed by atoms with Crippen LogP contribution in [0.2, 0.25) is 0 Å². The molecule has 2 nitrogen and oxygen atoms in total. The number of benzene rings is 4. The molecule has 0 aliphatic rings. The second kappa shape index (κ2) is 21.7. The molecule has 0 atom stereocenters. The zero-order valence-corrected chi connectivity index (χ0v) is 26.8. The van der Waals surface area contributed by atoms with Gasteiger partial charge in [0.2, 0.25) is 0 Å². The summed E-state index contributed by atoms with van der Waals surface area (Å²) in [6.45, 7) is 0. The first-order chi connectivity index (χ1) is 15.4. The number of hydrogen-bond acceptors (Lipinski definition) is 2. The minimum Gasteiger partial charge on any atom is -0.312 e. The van der Waals surface area contributed by atoms with Crippen molar-refractivity contribution in [3.63, 3.8) is 0 Å². The molecule has 176 valence electrons. The number of hydrogen-bond donors (Lipinski definition) is 0. The van der Waals surface area contributed by atoms with Crippen LogP contribution in [-0.4, -0.2) is 52.1 Å². The van der Waals surface area contributed by atoms with E-state index < -0.39 is 0 Å². The van der Waals surface area contributed by atoms with Crippen LogP contribution in [0.3, 0.4) is 0 Å². The summed E-state index contributed by atoms with van der Waals surface area (Å²) in [5.41, 5.74) is 4.38. The summed E-state index contributed by atoms with van der Waals surface area (Å²) in [5, 5.41) is 0. The zero-order valence-electron chi connectivity index (χ0n) is 20.9. The molecule has 4 aromatic carbocycles. The predicted octanol–water partition coefficient (Wildman–Crippen LogP) is 6.26. The molecule has 0 N–H and O–H groups in total. The standard InChI is InChI=1S/2C12H8.2C3H9N.2W/c2*1-3-7-11(8-4-1)12-9-5-2-6-10-12;2*1-4(2)3;;/h2*1-7,9H;2*1-3H3;;/q2*-2;;;2*+2. The Morgan fingerprint density at radius 3 is 0.676 bits per heavy atom. The number of rotatable bonds is 2. The summed E-state index contributed by atoms with van der Waals surface area (Å²) in [6, 6.07) is 44.3. The smallest absolute Gasteiger partial charge is 0.312 e. The van der Waals surface area contributed by atoms with E-state index in [2.05, 4.69) is 24.3 Å². The van der Waals surface area contributed by atoms with Gasteiger partial charge in [-0.05, 0) is 42.3 Å². The Balaban J connectivity index is 0. The van der Waals surface area contributed by atoms with Crippen molar-refractivity contribution in [3.05, 3.63) is 121 Å². The van der Waals surface area contributed by atoms with Crippen LogP contribution in [0.25, 0.3) is 22.3 Å². The molecule has 0 spiro atoms. The van der Waals surface area contributed by atoms with Crippen LogP contribution < -0.4 is 0 Å². The van der Waals surface area contributed by atoms with Crippen molar-refractivity contribution in [2.75, 3.05) is 42.3 Å². The van der Waals surface area contributed by atoms with Crippen LogP contribution in [0.1, 0.15) is 0 Å². The van der Waals surface area contributed by atoms with Gasteiger partial charge in [0.05, 0.1) is 0 Å². The van der Waals surface area contributed by atoms with E-state index in [0.717, 1.165) is 22.3 Å². The molecule has 4 rings (SSSR count). The molecule has 0 bridgehead atoms. The maximum Gasteiger partial charge on any atom is 2.00 e. The van der Waals surface area contributed by atoms with Crippen LogP contribution in [0.5, 0.6) is 0 Å². The molecule has 0 fully saturated rings. The van der Waals surface area contributed by atoms with Crippen molar-refractivity contribution in [3.8, 4) is 22.3 Å². The fourth-order valence-corrected chi connectivity index (χ4v) is 2.24. The SMILES string of the molecule is CN(C)C.CN(C)C.[W+2].[W+2].[c-]1ccccc1-c1[c-]cccc1.[c-]1ccccc1-c1[c-]cccc1. The van der Waals surface area contributed by atoms with Gasteiger partial charge in [0.15, 0.2) is 0 Å². The molecule has 34 heavy (non-hydrogen) atoms. The van der Waals surface area contributed by atoms with Gasteiger partial charge in [-0.3, -0.25) is 0 Å². The van der Waals surface area contributed by atoms with E-state index in [0.29, 0.717) is 0 Å². The summed E-state index contributed by atoms with van der Waals surface area (Å²) in [4.78, 5) is 4.00. The largest absolute Gasteiger partial charge is 2.00 e. The van der Waals surface area contributed by atoms with E-state index in [9.17, 15) is 0 Å². The normalized spacial score (nSPS) is 8.94. The van der Waals surface area contributed by atoms with Gasteiger partial charge >= 0.3 is 42.1 Å². The fraction of sp³-hybridized carbons (Fsp3) is 0.200. The first kappa shape index (κ1) is 34.3. The maximum absolute atomic E-state index is 3.15. The molecule has 0 aliphatic heterocycles. The first-order valence-corrected chi connectivity index (χ1v) is 10.5. The van der Waals surface area contributed by atoms with E-state index in [4.69, 9.17) is 0 Å². The van der Waals surface area contributed by atoms with Crippen LogP contribution in [-0.2, 0) is 42.1 Å². The molecule has 0 saturated heterocycles. The van der Waals surface area contributed by atoms with Gasteiger partial charge in [-0.1, -0.05) is 0 Å². The van der Waals surface area contributed by atoms with Gasteiger partial charge in [0.1, 0.15) is 0 Å². The van der Waals surface area contributed by atoms with E-state index in [1.54, 1.807) is 0 Å². The molecule has 4 aromatic rings. The molecule has 0 saturated carbocycles. The van der Waals surface area contributed by atoms with Gasteiger partial charge in [-0.15, -0.1) is 24.3 Å². The molecule has 0 unspecified atom stereocenters. The van der Waals surface area contributed by atoms with Gasteiger partial charge in [0, 0.05) is 0 Å². The second-order valence-corrected chi connectivity index (χ2v) is 7.79. The van der Waals surface area contributed by atoms with E-state index >= 15 is 0 Å². The monoisotopic (exact) mass is 790 g/mol. The molecule has 0 aliphatic carbocycles. The molecule has 0 aromatic heterocycles. The Labute approximate surface area is 236 Å².